The largest absolute Gasteiger partial charge is 0.491 e. The first-order valence-corrected chi connectivity index (χ1v) is 9.97. The van der Waals surface area contributed by atoms with Crippen molar-refractivity contribution >= 4 is 12.2 Å². The number of rotatable bonds is 8. The number of ether oxygens (including phenoxy) is 2. The molecule has 0 saturated carbocycles. The van der Waals surface area contributed by atoms with Crippen LogP contribution in [0, 0.1) is 12.7 Å². The van der Waals surface area contributed by atoms with Crippen LogP contribution in [0.5, 0.6) is 11.6 Å². The minimum absolute atomic E-state index is 0.0687. The van der Waals surface area contributed by atoms with Gasteiger partial charge in [0.25, 0.3) is 5.88 Å². The van der Waals surface area contributed by atoms with Crippen LogP contribution in [-0.2, 0) is 0 Å². The molecule has 2 aromatic rings. The number of pyridine rings is 1. The van der Waals surface area contributed by atoms with Crippen LogP contribution in [0.1, 0.15) is 12.1 Å². The minimum Gasteiger partial charge on any atom is -0.491 e. The van der Waals surface area contributed by atoms with Crippen molar-refractivity contribution in [2.45, 2.75) is 25.5 Å². The Bertz CT molecular complexity index is 1010. The van der Waals surface area contributed by atoms with Crippen molar-refractivity contribution in [1.82, 2.24) is 25.6 Å². The lowest BCUT2D eigenvalue weighted by Crippen LogP contribution is -2.34. The van der Waals surface area contributed by atoms with Gasteiger partial charge in [-0.15, -0.1) is 0 Å². The number of aryl methyl sites for hydroxylation is 1. The normalized spacial score (nSPS) is 19.6. The highest BCUT2D eigenvalue weighted by Gasteiger charge is 2.27. The Morgan fingerprint density at radius 2 is 2.10 bits per heavy atom. The molecule has 162 valence electrons. The van der Waals surface area contributed by atoms with E-state index in [0.717, 1.165) is 17.1 Å². The van der Waals surface area contributed by atoms with Crippen LogP contribution in [0.2, 0.25) is 0 Å². The standard InChI is InChI=1S/C21H24FN7O2/c1-13-9-25-19(11-24-13)29-20-16-7-14(3-4-18(16)27-12-28-20)31-21-17(22)8-15(10-26-21)30-6-5-23-2/h3-4,8-12,14,18,23H,5-7H2,1-2H3,(H,25,29)(H,27,28). The van der Waals surface area contributed by atoms with E-state index in [1.807, 2.05) is 26.1 Å². The van der Waals surface area contributed by atoms with Crippen LogP contribution in [0.4, 0.5) is 10.2 Å². The first-order chi connectivity index (χ1) is 15.1. The van der Waals surface area contributed by atoms with Crippen molar-refractivity contribution in [2.24, 2.45) is 4.99 Å². The van der Waals surface area contributed by atoms with Gasteiger partial charge in [0.05, 0.1) is 36.7 Å². The lowest BCUT2D eigenvalue weighted by atomic mass is 9.93. The van der Waals surface area contributed by atoms with Gasteiger partial charge in [-0.1, -0.05) is 6.08 Å². The number of anilines is 1. The SMILES string of the molecule is CNCCOc1cnc(OC2C=CC3N=CNC(Nc4cnc(C)cn4)=C3C2)c(F)c1. The van der Waals surface area contributed by atoms with Gasteiger partial charge in [-0.3, -0.25) is 9.98 Å². The summed E-state index contributed by atoms with van der Waals surface area (Å²) in [6, 6.07) is 1.16. The molecule has 1 aliphatic carbocycles. The Morgan fingerprint density at radius 3 is 2.87 bits per heavy atom. The Morgan fingerprint density at radius 1 is 1.19 bits per heavy atom. The minimum atomic E-state index is -0.570. The van der Waals surface area contributed by atoms with Crippen LogP contribution < -0.4 is 25.4 Å². The number of nitrogens with zero attached hydrogens (tertiary/aromatic N) is 4. The summed E-state index contributed by atoms with van der Waals surface area (Å²) in [5.41, 5.74) is 1.81. The first kappa shape index (κ1) is 20.7. The number of hydrogen-bond acceptors (Lipinski definition) is 9. The first-order valence-electron chi connectivity index (χ1n) is 9.97. The molecule has 2 aliphatic rings. The van der Waals surface area contributed by atoms with Gasteiger partial charge in [-0.05, 0) is 20.0 Å². The molecular formula is C21H24FN7O2. The molecule has 2 atom stereocenters. The van der Waals surface area contributed by atoms with Crippen LogP contribution in [-0.4, -0.2) is 53.6 Å². The maximum Gasteiger partial charge on any atom is 0.251 e. The van der Waals surface area contributed by atoms with Gasteiger partial charge in [0.2, 0.25) is 0 Å². The van der Waals surface area contributed by atoms with Gasteiger partial charge in [-0.2, -0.15) is 0 Å². The summed E-state index contributed by atoms with van der Waals surface area (Å²) >= 11 is 0. The van der Waals surface area contributed by atoms with Gasteiger partial charge in [0.1, 0.15) is 30.1 Å². The smallest absolute Gasteiger partial charge is 0.251 e. The topological polar surface area (TPSA) is 106 Å². The number of nitrogens with one attached hydrogen (secondary N) is 3. The van der Waals surface area contributed by atoms with Crippen LogP contribution in [0.3, 0.4) is 0 Å². The molecule has 2 aromatic heterocycles. The van der Waals surface area contributed by atoms with Crippen LogP contribution in [0.15, 0.2) is 53.2 Å². The molecule has 0 bridgehead atoms. The summed E-state index contributed by atoms with van der Waals surface area (Å²) < 4.78 is 25.7. The van der Waals surface area contributed by atoms with E-state index in [0.29, 0.717) is 31.1 Å². The predicted molar refractivity (Wildman–Crippen MR) is 115 cm³/mol. The zero-order chi connectivity index (χ0) is 21.6. The quantitative estimate of drug-likeness (QED) is 0.435. The zero-order valence-electron chi connectivity index (χ0n) is 17.3. The van der Waals surface area contributed by atoms with Crippen molar-refractivity contribution in [3.8, 4) is 11.6 Å². The summed E-state index contributed by atoms with van der Waals surface area (Å²) in [7, 11) is 1.82. The highest BCUT2D eigenvalue weighted by Crippen LogP contribution is 2.29. The molecule has 9 nitrogen and oxygen atoms in total. The zero-order valence-corrected chi connectivity index (χ0v) is 17.3. The van der Waals surface area contributed by atoms with Crippen molar-refractivity contribution < 1.29 is 13.9 Å². The molecule has 1 aliphatic heterocycles. The molecule has 3 heterocycles. The second-order valence-corrected chi connectivity index (χ2v) is 7.09. The Kier molecular flexibility index (Phi) is 6.37. The number of halogens is 1. The predicted octanol–water partition coefficient (Wildman–Crippen LogP) is 1.95. The third-order valence-corrected chi connectivity index (χ3v) is 4.75. The van der Waals surface area contributed by atoms with Gasteiger partial charge in [0.15, 0.2) is 5.82 Å². The molecule has 0 fully saturated rings. The molecule has 0 radical (unpaired) electrons. The van der Waals surface area contributed by atoms with Crippen molar-refractivity contribution in [3.63, 3.8) is 0 Å². The second-order valence-electron chi connectivity index (χ2n) is 7.09. The Hall–Kier alpha value is -3.53. The highest BCUT2D eigenvalue weighted by molar-refractivity contribution is 5.64. The number of likely N-dealkylation sites (N-methyl/N-ethyl adjacent to an activating group) is 1. The van der Waals surface area contributed by atoms with Crippen LogP contribution in [0.25, 0.3) is 0 Å². The average molecular weight is 425 g/mol. The van der Waals surface area contributed by atoms with E-state index >= 15 is 0 Å². The number of aliphatic imine (C=N–C) groups is 1. The lowest BCUT2D eigenvalue weighted by Gasteiger charge is -2.29. The average Bonchev–Trinajstić information content (AvgIpc) is 2.78. The maximum atomic E-state index is 14.5. The van der Waals surface area contributed by atoms with Gasteiger partial charge in [-0.25, -0.2) is 14.4 Å². The summed E-state index contributed by atoms with van der Waals surface area (Å²) in [6.07, 6.45) is 10.4. The van der Waals surface area contributed by atoms with E-state index in [9.17, 15) is 4.39 Å². The molecule has 31 heavy (non-hydrogen) atoms. The van der Waals surface area contributed by atoms with E-state index in [2.05, 4.69) is 35.9 Å². The fourth-order valence-corrected chi connectivity index (χ4v) is 3.19. The molecule has 2 unspecified atom stereocenters. The lowest BCUT2D eigenvalue weighted by molar-refractivity contribution is 0.220. The summed E-state index contributed by atoms with van der Waals surface area (Å²) in [4.78, 5) is 17.1. The molecule has 0 saturated heterocycles. The highest BCUT2D eigenvalue weighted by atomic mass is 19.1. The number of hydrogen-bond donors (Lipinski definition) is 3. The molecule has 0 spiro atoms. The summed E-state index contributed by atoms with van der Waals surface area (Å²) in [6.45, 7) is 2.96. The van der Waals surface area contributed by atoms with E-state index in [4.69, 9.17) is 9.47 Å². The third-order valence-electron chi connectivity index (χ3n) is 4.75. The maximum absolute atomic E-state index is 14.5. The second kappa shape index (κ2) is 9.52. The Labute approximate surface area is 179 Å². The van der Waals surface area contributed by atoms with E-state index < -0.39 is 5.82 Å². The van der Waals surface area contributed by atoms with Crippen LogP contribution >= 0.6 is 0 Å². The summed E-state index contributed by atoms with van der Waals surface area (Å²) in [5.74, 6) is 1.10. The monoisotopic (exact) mass is 425 g/mol. The molecule has 0 aromatic carbocycles. The van der Waals surface area contributed by atoms with E-state index in [-0.39, 0.29) is 18.0 Å². The Balaban J connectivity index is 1.46. The fourth-order valence-electron chi connectivity index (χ4n) is 3.19. The van der Waals surface area contributed by atoms with Crippen molar-refractivity contribution in [2.75, 3.05) is 25.5 Å². The number of aromatic nitrogens is 3. The van der Waals surface area contributed by atoms with Gasteiger partial charge >= 0.3 is 0 Å². The van der Waals surface area contributed by atoms with Crippen molar-refractivity contribution in [1.29, 1.82) is 0 Å². The van der Waals surface area contributed by atoms with Gasteiger partial charge in [0, 0.05) is 24.6 Å². The third kappa shape index (κ3) is 5.15. The molecule has 10 heteroatoms. The van der Waals surface area contributed by atoms with E-state index in [1.54, 1.807) is 18.7 Å². The molecule has 3 N–H and O–H groups in total. The number of fused-ring (bicyclic) bond motifs is 1. The molecule has 0 amide bonds. The van der Waals surface area contributed by atoms with Gasteiger partial charge < -0.3 is 25.4 Å². The molecule has 4 rings (SSSR count). The summed E-state index contributed by atoms with van der Waals surface area (Å²) in [5, 5.41) is 9.31. The molecular weight excluding hydrogens is 401 g/mol. The van der Waals surface area contributed by atoms with E-state index in [1.165, 1.54) is 12.3 Å². The fraction of sp³-hybridized carbons (Fsp3) is 0.333. The van der Waals surface area contributed by atoms with Crippen molar-refractivity contribution in [3.05, 3.63) is 59.7 Å².